The van der Waals surface area contributed by atoms with Crippen molar-refractivity contribution in [2.75, 3.05) is 11.4 Å². The van der Waals surface area contributed by atoms with Crippen molar-refractivity contribution in [3.05, 3.63) is 28.2 Å². The zero-order valence-corrected chi connectivity index (χ0v) is 11.5. The van der Waals surface area contributed by atoms with Crippen molar-refractivity contribution in [1.82, 2.24) is 0 Å². The highest BCUT2D eigenvalue weighted by Crippen LogP contribution is 2.40. The maximum absolute atomic E-state index is 13.0. The number of benzene rings is 1. The molecule has 0 saturated carbocycles. The number of nitrogens with zero attached hydrogens (tertiary/aromatic N) is 1. The molecule has 1 atom stereocenters. The monoisotopic (exact) mass is 351 g/mol. The van der Waals surface area contributed by atoms with Crippen LogP contribution in [0.3, 0.4) is 0 Å². The summed E-state index contributed by atoms with van der Waals surface area (Å²) < 4.78 is 39.2. The maximum Gasteiger partial charge on any atom is 0.418 e. The van der Waals surface area contributed by atoms with Crippen molar-refractivity contribution in [2.45, 2.75) is 12.6 Å². The molecule has 108 valence electrons. The number of halogens is 4. The van der Waals surface area contributed by atoms with Gasteiger partial charge in [-0.15, -0.1) is 0 Å². The van der Waals surface area contributed by atoms with Crippen LogP contribution < -0.4 is 4.90 Å². The topological polar surface area (TPSA) is 57.6 Å². The lowest BCUT2D eigenvalue weighted by Gasteiger charge is -2.21. The number of carbonyl (C=O) groups is 2. The molecule has 20 heavy (non-hydrogen) atoms. The lowest BCUT2D eigenvalue weighted by Crippen LogP contribution is -2.28. The highest BCUT2D eigenvalue weighted by atomic mass is 79.9. The fraction of sp³-hybridized carbons (Fsp3) is 0.333. The maximum atomic E-state index is 13.0. The first-order chi connectivity index (χ1) is 9.20. The van der Waals surface area contributed by atoms with Crippen molar-refractivity contribution in [3.63, 3.8) is 0 Å². The largest absolute Gasteiger partial charge is 0.481 e. The van der Waals surface area contributed by atoms with Gasteiger partial charge < -0.3 is 10.0 Å². The average molecular weight is 352 g/mol. The van der Waals surface area contributed by atoms with Gasteiger partial charge in [-0.25, -0.2) is 0 Å². The Kier molecular flexibility index (Phi) is 3.77. The van der Waals surface area contributed by atoms with Crippen LogP contribution in [0.25, 0.3) is 0 Å². The normalized spacial score (nSPS) is 19.5. The van der Waals surface area contributed by atoms with Crippen LogP contribution >= 0.6 is 15.9 Å². The Morgan fingerprint density at radius 1 is 1.40 bits per heavy atom. The molecule has 4 nitrogen and oxygen atoms in total. The van der Waals surface area contributed by atoms with Crippen LogP contribution in [0.2, 0.25) is 0 Å². The molecule has 1 aliphatic heterocycles. The van der Waals surface area contributed by atoms with Gasteiger partial charge in [-0.05, 0) is 18.2 Å². The molecule has 0 bridgehead atoms. The third-order valence-electron chi connectivity index (χ3n) is 3.03. The second-order valence-electron chi connectivity index (χ2n) is 4.40. The molecule has 1 heterocycles. The number of hydrogen-bond donors (Lipinski definition) is 1. The van der Waals surface area contributed by atoms with Crippen molar-refractivity contribution < 1.29 is 27.9 Å². The van der Waals surface area contributed by atoms with E-state index in [1.54, 1.807) is 0 Å². The van der Waals surface area contributed by atoms with Crippen LogP contribution in [0.5, 0.6) is 0 Å². The van der Waals surface area contributed by atoms with Crippen LogP contribution in [0.1, 0.15) is 12.0 Å². The Labute approximate surface area is 120 Å². The fourth-order valence-corrected chi connectivity index (χ4v) is 2.44. The Morgan fingerprint density at radius 3 is 2.55 bits per heavy atom. The second kappa shape index (κ2) is 5.08. The molecule has 1 saturated heterocycles. The van der Waals surface area contributed by atoms with Crippen LogP contribution in [-0.2, 0) is 15.8 Å². The SMILES string of the molecule is O=C(O)C1CC(=O)N(c2ccc(Br)cc2C(F)(F)F)C1. The molecular formula is C12H9BrF3NO3. The molecular weight excluding hydrogens is 343 g/mol. The minimum atomic E-state index is -4.62. The Hall–Kier alpha value is -1.57. The minimum absolute atomic E-state index is 0.231. The van der Waals surface area contributed by atoms with Gasteiger partial charge in [0.2, 0.25) is 5.91 Å². The quantitative estimate of drug-likeness (QED) is 0.891. The lowest BCUT2D eigenvalue weighted by molar-refractivity contribution is -0.141. The summed E-state index contributed by atoms with van der Waals surface area (Å²) in [4.78, 5) is 23.5. The summed E-state index contributed by atoms with van der Waals surface area (Å²) in [5, 5.41) is 8.86. The number of anilines is 1. The van der Waals surface area contributed by atoms with Gasteiger partial charge in [-0.2, -0.15) is 13.2 Å². The van der Waals surface area contributed by atoms with E-state index in [0.717, 1.165) is 17.0 Å². The molecule has 0 aliphatic carbocycles. The average Bonchev–Trinajstić information content (AvgIpc) is 2.70. The summed E-state index contributed by atoms with van der Waals surface area (Å²) in [7, 11) is 0. The highest BCUT2D eigenvalue weighted by Gasteiger charge is 2.40. The fourth-order valence-electron chi connectivity index (χ4n) is 2.08. The Balaban J connectivity index is 2.43. The van der Waals surface area contributed by atoms with Gasteiger partial charge in [0.1, 0.15) is 0 Å². The van der Waals surface area contributed by atoms with E-state index in [0.29, 0.717) is 0 Å². The predicted molar refractivity (Wildman–Crippen MR) is 67.2 cm³/mol. The van der Waals surface area contributed by atoms with Crippen molar-refractivity contribution in [1.29, 1.82) is 0 Å². The number of aliphatic carboxylic acids is 1. The number of carboxylic acids is 1. The lowest BCUT2D eigenvalue weighted by atomic mass is 10.1. The number of carbonyl (C=O) groups excluding carboxylic acids is 1. The third kappa shape index (κ3) is 2.79. The summed E-state index contributed by atoms with van der Waals surface area (Å²) in [6.07, 6.45) is -4.91. The third-order valence-corrected chi connectivity index (χ3v) is 3.52. The smallest absolute Gasteiger partial charge is 0.418 e. The molecule has 1 unspecified atom stereocenters. The first kappa shape index (κ1) is 14.8. The van der Waals surface area contributed by atoms with E-state index in [1.807, 2.05) is 0 Å². The van der Waals surface area contributed by atoms with Gasteiger partial charge >= 0.3 is 12.1 Å². The first-order valence-electron chi connectivity index (χ1n) is 5.60. The Morgan fingerprint density at radius 2 is 2.05 bits per heavy atom. The molecule has 0 aromatic heterocycles. The molecule has 1 fully saturated rings. The van der Waals surface area contributed by atoms with Gasteiger partial charge in [-0.3, -0.25) is 9.59 Å². The van der Waals surface area contributed by atoms with E-state index < -0.39 is 29.5 Å². The van der Waals surface area contributed by atoms with Crippen molar-refractivity contribution in [3.8, 4) is 0 Å². The molecule has 2 rings (SSSR count). The summed E-state index contributed by atoms with van der Waals surface area (Å²) in [5.41, 5.74) is -1.28. The van der Waals surface area contributed by atoms with Crippen molar-refractivity contribution >= 4 is 33.5 Å². The van der Waals surface area contributed by atoms with Crippen LogP contribution in [0.15, 0.2) is 22.7 Å². The summed E-state index contributed by atoms with van der Waals surface area (Å²) in [6.45, 7) is -0.251. The molecule has 1 aliphatic rings. The van der Waals surface area contributed by atoms with E-state index in [1.165, 1.54) is 6.07 Å². The van der Waals surface area contributed by atoms with Gasteiger partial charge in [0.05, 0.1) is 17.2 Å². The Bertz CT molecular complexity index is 574. The number of hydrogen-bond acceptors (Lipinski definition) is 2. The zero-order valence-electron chi connectivity index (χ0n) is 9.95. The van der Waals surface area contributed by atoms with Gasteiger partial charge in [0, 0.05) is 17.4 Å². The van der Waals surface area contributed by atoms with E-state index >= 15 is 0 Å². The minimum Gasteiger partial charge on any atom is -0.481 e. The van der Waals surface area contributed by atoms with E-state index in [9.17, 15) is 22.8 Å². The zero-order chi connectivity index (χ0) is 15.1. The van der Waals surface area contributed by atoms with Gasteiger partial charge in [-0.1, -0.05) is 15.9 Å². The molecule has 8 heteroatoms. The molecule has 0 radical (unpaired) electrons. The van der Waals surface area contributed by atoms with Crippen LogP contribution in [0, 0.1) is 5.92 Å². The molecule has 0 spiro atoms. The van der Waals surface area contributed by atoms with Crippen LogP contribution in [-0.4, -0.2) is 23.5 Å². The molecule has 1 aromatic carbocycles. The summed E-state index contributed by atoms with van der Waals surface area (Å²) in [6, 6.07) is 3.41. The summed E-state index contributed by atoms with van der Waals surface area (Å²) in [5.74, 6) is -2.79. The van der Waals surface area contributed by atoms with E-state index in [2.05, 4.69) is 15.9 Å². The molecule has 1 aromatic rings. The number of alkyl halides is 3. The molecule has 1 amide bonds. The first-order valence-corrected chi connectivity index (χ1v) is 6.39. The van der Waals surface area contributed by atoms with E-state index in [-0.39, 0.29) is 23.1 Å². The number of rotatable bonds is 2. The van der Waals surface area contributed by atoms with Gasteiger partial charge in [0.15, 0.2) is 0 Å². The number of amides is 1. The number of carboxylic acid groups (broad SMARTS) is 1. The highest BCUT2D eigenvalue weighted by molar-refractivity contribution is 9.10. The van der Waals surface area contributed by atoms with Crippen molar-refractivity contribution in [2.24, 2.45) is 5.92 Å². The summed E-state index contributed by atoms with van der Waals surface area (Å²) >= 11 is 2.95. The standard InChI is InChI=1S/C12H9BrF3NO3/c13-7-1-2-9(8(4-7)12(14,15)16)17-5-6(11(19)20)3-10(17)18/h1-2,4,6H,3,5H2,(H,19,20). The predicted octanol–water partition coefficient (Wildman–Crippen LogP) is 2.91. The van der Waals surface area contributed by atoms with E-state index in [4.69, 9.17) is 5.11 Å². The van der Waals surface area contributed by atoms with Gasteiger partial charge in [0.25, 0.3) is 0 Å². The molecule has 1 N–H and O–H groups in total. The van der Waals surface area contributed by atoms with Crippen LogP contribution in [0.4, 0.5) is 18.9 Å². The second-order valence-corrected chi connectivity index (χ2v) is 5.32.